The van der Waals surface area contributed by atoms with Crippen LogP contribution in [0.1, 0.15) is 13.3 Å². The van der Waals surface area contributed by atoms with Gasteiger partial charge in [0, 0.05) is 18.9 Å². The number of methoxy groups -OCH3 is 1. The molecule has 4 heteroatoms. The van der Waals surface area contributed by atoms with Crippen molar-refractivity contribution in [2.45, 2.75) is 19.4 Å². The lowest BCUT2D eigenvalue weighted by Crippen LogP contribution is -2.33. The van der Waals surface area contributed by atoms with E-state index in [2.05, 4.69) is 10.1 Å². The van der Waals surface area contributed by atoms with Gasteiger partial charge >= 0.3 is 5.97 Å². The van der Waals surface area contributed by atoms with Crippen molar-refractivity contribution in [1.29, 1.82) is 0 Å². The first kappa shape index (κ1) is 10.5. The third kappa shape index (κ3) is 2.73. The Morgan fingerprint density at radius 1 is 1.57 bits per heavy atom. The van der Waals surface area contributed by atoms with Crippen LogP contribution in [0.25, 0.3) is 0 Å². The highest BCUT2D eigenvalue weighted by molar-refractivity contribution is 5.89. The van der Waals surface area contributed by atoms with Crippen molar-refractivity contribution >= 4 is 11.9 Å². The summed E-state index contributed by atoms with van der Waals surface area (Å²) in [5.74, 6) is -0.449. The van der Waals surface area contributed by atoms with Gasteiger partial charge in [0.1, 0.15) is 0 Å². The van der Waals surface area contributed by atoms with Gasteiger partial charge < -0.3 is 10.1 Å². The standard InChI is InChI=1S/C10H13NO3/c1-7(12)11-9-5-3-4-8(6-9)10(13)14-2/h3-5,9H,6H2,1-2H3,(H,11,12). The molecule has 0 fully saturated rings. The van der Waals surface area contributed by atoms with Crippen molar-refractivity contribution in [3.8, 4) is 0 Å². The number of allylic oxidation sites excluding steroid dienone is 2. The highest BCUT2D eigenvalue weighted by Crippen LogP contribution is 2.13. The van der Waals surface area contributed by atoms with Crippen LogP contribution in [0, 0.1) is 0 Å². The summed E-state index contributed by atoms with van der Waals surface area (Å²) in [4.78, 5) is 21.9. The Balaban J connectivity index is 2.59. The molecular weight excluding hydrogens is 182 g/mol. The Hall–Kier alpha value is -1.58. The average Bonchev–Trinajstić information content (AvgIpc) is 2.16. The van der Waals surface area contributed by atoms with Crippen molar-refractivity contribution in [1.82, 2.24) is 5.32 Å². The van der Waals surface area contributed by atoms with Gasteiger partial charge in [-0.25, -0.2) is 4.79 Å². The second-order valence-corrected chi connectivity index (χ2v) is 3.08. The number of rotatable bonds is 2. The van der Waals surface area contributed by atoms with Gasteiger partial charge in [-0.15, -0.1) is 0 Å². The first-order valence-electron chi connectivity index (χ1n) is 4.36. The van der Waals surface area contributed by atoms with Gasteiger partial charge in [-0.3, -0.25) is 4.79 Å². The fourth-order valence-corrected chi connectivity index (χ4v) is 1.32. The Kier molecular flexibility index (Phi) is 3.45. The van der Waals surface area contributed by atoms with Crippen LogP contribution in [-0.2, 0) is 14.3 Å². The minimum Gasteiger partial charge on any atom is -0.466 e. The molecule has 0 bridgehead atoms. The van der Waals surface area contributed by atoms with Gasteiger partial charge in [-0.05, 0) is 0 Å². The molecule has 0 heterocycles. The third-order valence-corrected chi connectivity index (χ3v) is 1.92. The van der Waals surface area contributed by atoms with E-state index in [0.717, 1.165) is 0 Å². The second-order valence-electron chi connectivity index (χ2n) is 3.08. The van der Waals surface area contributed by atoms with E-state index in [4.69, 9.17) is 0 Å². The molecule has 1 aliphatic rings. The van der Waals surface area contributed by atoms with E-state index in [-0.39, 0.29) is 17.9 Å². The highest BCUT2D eigenvalue weighted by atomic mass is 16.5. The molecule has 4 nitrogen and oxygen atoms in total. The zero-order valence-corrected chi connectivity index (χ0v) is 8.24. The summed E-state index contributed by atoms with van der Waals surface area (Å²) < 4.78 is 4.59. The Morgan fingerprint density at radius 3 is 2.86 bits per heavy atom. The number of carbonyl (C=O) groups is 2. The molecule has 14 heavy (non-hydrogen) atoms. The van der Waals surface area contributed by atoms with Crippen molar-refractivity contribution in [3.05, 3.63) is 23.8 Å². The summed E-state index contributed by atoms with van der Waals surface area (Å²) in [7, 11) is 1.34. The van der Waals surface area contributed by atoms with Gasteiger partial charge in [0.2, 0.25) is 5.91 Å². The van der Waals surface area contributed by atoms with Gasteiger partial charge in [-0.1, -0.05) is 18.2 Å². The largest absolute Gasteiger partial charge is 0.466 e. The molecule has 0 saturated heterocycles. The molecule has 0 aliphatic heterocycles. The summed E-state index contributed by atoms with van der Waals surface area (Å²) >= 11 is 0. The predicted octanol–water partition coefficient (Wildman–Crippen LogP) is 0.550. The fourth-order valence-electron chi connectivity index (χ4n) is 1.32. The van der Waals surface area contributed by atoms with Gasteiger partial charge in [-0.2, -0.15) is 0 Å². The first-order chi connectivity index (χ1) is 6.63. The van der Waals surface area contributed by atoms with Crippen LogP contribution in [0.3, 0.4) is 0 Å². The number of ether oxygens (including phenoxy) is 1. The lowest BCUT2D eigenvalue weighted by molar-refractivity contribution is -0.136. The Morgan fingerprint density at radius 2 is 2.29 bits per heavy atom. The molecule has 1 amide bonds. The summed E-state index contributed by atoms with van der Waals surface area (Å²) in [5, 5.41) is 2.72. The number of amides is 1. The third-order valence-electron chi connectivity index (χ3n) is 1.92. The predicted molar refractivity (Wildman–Crippen MR) is 51.5 cm³/mol. The van der Waals surface area contributed by atoms with Crippen LogP contribution in [0.4, 0.5) is 0 Å². The molecule has 0 saturated carbocycles. The second kappa shape index (κ2) is 4.60. The molecule has 1 aliphatic carbocycles. The molecule has 0 radical (unpaired) electrons. The molecule has 0 aromatic rings. The van der Waals surface area contributed by atoms with E-state index in [1.807, 2.05) is 6.08 Å². The normalized spacial score (nSPS) is 19.9. The van der Waals surface area contributed by atoms with Crippen LogP contribution >= 0.6 is 0 Å². The van der Waals surface area contributed by atoms with Crippen LogP contribution in [0.5, 0.6) is 0 Å². The molecule has 0 spiro atoms. The molecule has 1 rings (SSSR count). The van der Waals surface area contributed by atoms with Crippen LogP contribution in [-0.4, -0.2) is 25.0 Å². The van der Waals surface area contributed by atoms with E-state index >= 15 is 0 Å². The SMILES string of the molecule is COC(=O)C1=CC=CC(NC(C)=O)C1. The maximum atomic E-state index is 11.2. The number of hydrogen-bond donors (Lipinski definition) is 1. The summed E-state index contributed by atoms with van der Waals surface area (Å²) in [6.07, 6.45) is 5.77. The molecule has 1 N–H and O–H groups in total. The smallest absolute Gasteiger partial charge is 0.333 e. The maximum Gasteiger partial charge on any atom is 0.333 e. The number of hydrogen-bond acceptors (Lipinski definition) is 3. The molecule has 76 valence electrons. The number of nitrogens with one attached hydrogen (secondary N) is 1. The van der Waals surface area contributed by atoms with E-state index in [1.165, 1.54) is 14.0 Å². The van der Waals surface area contributed by atoms with Gasteiger partial charge in [0.05, 0.1) is 13.2 Å². The molecule has 0 aromatic heterocycles. The zero-order valence-electron chi connectivity index (χ0n) is 8.24. The number of esters is 1. The molecule has 1 atom stereocenters. The zero-order chi connectivity index (χ0) is 10.6. The quantitative estimate of drug-likeness (QED) is 0.655. The molecular formula is C10H13NO3. The summed E-state index contributed by atoms with van der Waals surface area (Å²) in [5.41, 5.74) is 0.578. The van der Waals surface area contributed by atoms with Crippen LogP contribution in [0.15, 0.2) is 23.8 Å². The van der Waals surface area contributed by atoms with Gasteiger partial charge in [0.25, 0.3) is 0 Å². The van der Waals surface area contributed by atoms with Crippen LogP contribution in [0.2, 0.25) is 0 Å². The van der Waals surface area contributed by atoms with E-state index in [9.17, 15) is 9.59 Å². The fraction of sp³-hybridized carbons (Fsp3) is 0.400. The minimum atomic E-state index is -0.343. The average molecular weight is 195 g/mol. The van der Waals surface area contributed by atoms with Crippen molar-refractivity contribution in [3.63, 3.8) is 0 Å². The lowest BCUT2D eigenvalue weighted by Gasteiger charge is -2.17. The topological polar surface area (TPSA) is 55.4 Å². The number of carbonyl (C=O) groups excluding carboxylic acids is 2. The van der Waals surface area contributed by atoms with E-state index in [0.29, 0.717) is 12.0 Å². The molecule has 0 aromatic carbocycles. The van der Waals surface area contributed by atoms with Crippen LogP contribution < -0.4 is 5.32 Å². The van der Waals surface area contributed by atoms with Crippen molar-refractivity contribution < 1.29 is 14.3 Å². The Labute approximate surface area is 82.6 Å². The molecule has 1 unspecified atom stereocenters. The Bertz CT molecular complexity index is 304. The van der Waals surface area contributed by atoms with E-state index < -0.39 is 0 Å². The maximum absolute atomic E-state index is 11.2. The summed E-state index contributed by atoms with van der Waals surface area (Å²) in [6, 6.07) is -0.105. The summed E-state index contributed by atoms with van der Waals surface area (Å²) in [6.45, 7) is 1.45. The minimum absolute atomic E-state index is 0.105. The lowest BCUT2D eigenvalue weighted by atomic mass is 10.0. The van der Waals surface area contributed by atoms with Gasteiger partial charge in [0.15, 0.2) is 0 Å². The highest BCUT2D eigenvalue weighted by Gasteiger charge is 2.17. The first-order valence-corrected chi connectivity index (χ1v) is 4.36. The van der Waals surface area contributed by atoms with Crippen molar-refractivity contribution in [2.75, 3.05) is 7.11 Å². The monoisotopic (exact) mass is 195 g/mol. The van der Waals surface area contributed by atoms with E-state index in [1.54, 1.807) is 12.2 Å². The van der Waals surface area contributed by atoms with Crippen molar-refractivity contribution in [2.24, 2.45) is 0 Å².